The van der Waals surface area contributed by atoms with Crippen molar-refractivity contribution in [2.24, 2.45) is 0 Å². The molecular formula is C7H15NO5S. The summed E-state index contributed by atoms with van der Waals surface area (Å²) in [5, 5.41) is 8.46. The average molecular weight is 225 g/mol. The van der Waals surface area contributed by atoms with Gasteiger partial charge in [0.05, 0.1) is 12.4 Å². The molecule has 84 valence electrons. The summed E-state index contributed by atoms with van der Waals surface area (Å²) in [7, 11) is -3.55. The summed E-state index contributed by atoms with van der Waals surface area (Å²) in [4.78, 5) is 10.3. The topological polar surface area (TPSA) is 92.7 Å². The third-order valence-corrected chi connectivity index (χ3v) is 2.84. The van der Waals surface area contributed by atoms with Gasteiger partial charge in [-0.1, -0.05) is 0 Å². The van der Waals surface area contributed by atoms with Crippen LogP contribution in [0.3, 0.4) is 0 Å². The molecule has 2 N–H and O–H groups in total. The number of nitrogens with one attached hydrogen (secondary N) is 1. The van der Waals surface area contributed by atoms with Gasteiger partial charge in [0.25, 0.3) is 0 Å². The Kier molecular flexibility index (Phi) is 5.66. The number of sulfonamides is 1. The number of carbonyl (C=O) groups is 1. The molecule has 0 aromatic rings. The van der Waals surface area contributed by atoms with Gasteiger partial charge in [0.2, 0.25) is 10.0 Å². The first-order valence-corrected chi connectivity index (χ1v) is 5.85. The first-order valence-electron chi connectivity index (χ1n) is 4.19. The van der Waals surface area contributed by atoms with Crippen LogP contribution in [0.4, 0.5) is 0 Å². The van der Waals surface area contributed by atoms with Crippen molar-refractivity contribution in [3.63, 3.8) is 0 Å². The van der Waals surface area contributed by atoms with Crippen LogP contribution in [0.5, 0.6) is 0 Å². The fraction of sp³-hybridized carbons (Fsp3) is 0.857. The molecule has 0 aliphatic rings. The van der Waals surface area contributed by atoms with E-state index in [0.29, 0.717) is 6.61 Å². The quantitative estimate of drug-likeness (QED) is 0.565. The van der Waals surface area contributed by atoms with E-state index in [2.05, 4.69) is 0 Å². The van der Waals surface area contributed by atoms with Crippen molar-refractivity contribution >= 4 is 16.0 Å². The first-order chi connectivity index (χ1) is 6.39. The Balaban J connectivity index is 4.01. The molecule has 0 unspecified atom stereocenters. The van der Waals surface area contributed by atoms with Crippen LogP contribution in [-0.4, -0.2) is 44.5 Å². The molecule has 0 radical (unpaired) electrons. The number of hydrogen-bond acceptors (Lipinski definition) is 4. The molecule has 0 saturated carbocycles. The third kappa shape index (κ3) is 5.90. The maximum Gasteiger partial charge on any atom is 0.321 e. The Bertz CT molecular complexity index is 274. The van der Waals surface area contributed by atoms with Crippen LogP contribution < -0.4 is 4.72 Å². The average Bonchev–Trinajstić information content (AvgIpc) is 2.03. The highest BCUT2D eigenvalue weighted by Gasteiger charge is 2.18. The fourth-order valence-corrected chi connectivity index (χ4v) is 1.79. The molecule has 0 saturated heterocycles. The lowest BCUT2D eigenvalue weighted by Crippen LogP contribution is -2.40. The van der Waals surface area contributed by atoms with Crippen molar-refractivity contribution in [2.45, 2.75) is 19.9 Å². The smallest absolute Gasteiger partial charge is 0.321 e. The Morgan fingerprint density at radius 3 is 2.57 bits per heavy atom. The van der Waals surface area contributed by atoms with Crippen molar-refractivity contribution in [1.29, 1.82) is 0 Å². The number of carboxylic acids is 1. The SMILES string of the molecule is CCOCCS(=O)(=O)N[C@@H](C)C(=O)O. The predicted molar refractivity (Wildman–Crippen MR) is 50.5 cm³/mol. The third-order valence-electron chi connectivity index (χ3n) is 1.43. The molecule has 0 aromatic carbocycles. The van der Waals surface area contributed by atoms with Crippen molar-refractivity contribution in [2.75, 3.05) is 19.0 Å². The van der Waals surface area contributed by atoms with Gasteiger partial charge in [-0.25, -0.2) is 13.1 Å². The lowest BCUT2D eigenvalue weighted by molar-refractivity contribution is -0.138. The molecule has 0 rings (SSSR count). The van der Waals surface area contributed by atoms with Gasteiger partial charge in [-0.15, -0.1) is 0 Å². The van der Waals surface area contributed by atoms with Crippen molar-refractivity contribution < 1.29 is 23.1 Å². The zero-order valence-corrected chi connectivity index (χ0v) is 9.00. The van der Waals surface area contributed by atoms with E-state index in [9.17, 15) is 13.2 Å². The summed E-state index contributed by atoms with van der Waals surface area (Å²) in [6.07, 6.45) is 0. The van der Waals surface area contributed by atoms with Gasteiger partial charge in [0.1, 0.15) is 6.04 Å². The summed E-state index contributed by atoms with van der Waals surface area (Å²) < 4.78 is 29.2. The largest absolute Gasteiger partial charge is 0.480 e. The van der Waals surface area contributed by atoms with E-state index in [-0.39, 0.29) is 12.4 Å². The van der Waals surface area contributed by atoms with Crippen LogP contribution in [0.15, 0.2) is 0 Å². The van der Waals surface area contributed by atoms with Crippen LogP contribution >= 0.6 is 0 Å². The van der Waals surface area contributed by atoms with E-state index in [1.807, 2.05) is 4.72 Å². The number of carboxylic acid groups (broad SMARTS) is 1. The van der Waals surface area contributed by atoms with E-state index in [1.165, 1.54) is 6.92 Å². The molecule has 0 heterocycles. The minimum absolute atomic E-state index is 0.0676. The molecule has 0 amide bonds. The predicted octanol–water partition coefficient (Wildman–Crippen LogP) is -0.585. The molecule has 0 bridgehead atoms. The van der Waals surface area contributed by atoms with Crippen molar-refractivity contribution in [3.05, 3.63) is 0 Å². The zero-order valence-electron chi connectivity index (χ0n) is 8.19. The first kappa shape index (κ1) is 13.3. The minimum atomic E-state index is -3.55. The second-order valence-corrected chi connectivity index (χ2v) is 4.57. The molecule has 1 atom stereocenters. The summed E-state index contributed by atoms with van der Waals surface area (Å²) in [5.74, 6) is -1.43. The summed E-state index contributed by atoms with van der Waals surface area (Å²) in [5.41, 5.74) is 0. The second-order valence-electron chi connectivity index (χ2n) is 2.69. The molecule has 6 nitrogen and oxygen atoms in total. The molecule has 0 aromatic heterocycles. The number of hydrogen-bond donors (Lipinski definition) is 2. The van der Waals surface area contributed by atoms with E-state index < -0.39 is 22.0 Å². The molecule has 0 aliphatic carbocycles. The van der Waals surface area contributed by atoms with Crippen LogP contribution in [0.1, 0.15) is 13.8 Å². The van der Waals surface area contributed by atoms with Crippen LogP contribution in [-0.2, 0) is 19.6 Å². The monoisotopic (exact) mass is 225 g/mol. The van der Waals surface area contributed by atoms with Gasteiger partial charge in [-0.05, 0) is 13.8 Å². The van der Waals surface area contributed by atoms with Gasteiger partial charge in [-0.3, -0.25) is 4.79 Å². The van der Waals surface area contributed by atoms with Gasteiger partial charge in [0, 0.05) is 6.61 Å². The van der Waals surface area contributed by atoms with Gasteiger partial charge in [0.15, 0.2) is 0 Å². The molecule has 0 fully saturated rings. The normalized spacial score (nSPS) is 13.9. The van der Waals surface area contributed by atoms with Gasteiger partial charge >= 0.3 is 5.97 Å². The maximum absolute atomic E-state index is 11.2. The standard InChI is InChI=1S/C7H15NO5S/c1-3-13-4-5-14(11,12)8-6(2)7(9)10/h6,8H,3-5H2,1-2H3,(H,9,10)/t6-/m0/s1. The Hall–Kier alpha value is -0.660. The summed E-state index contributed by atoms with van der Waals surface area (Å²) in [6, 6.07) is -1.11. The lowest BCUT2D eigenvalue weighted by Gasteiger charge is -2.09. The van der Waals surface area contributed by atoms with Gasteiger partial charge < -0.3 is 9.84 Å². The van der Waals surface area contributed by atoms with Crippen molar-refractivity contribution in [1.82, 2.24) is 4.72 Å². The molecule has 14 heavy (non-hydrogen) atoms. The number of aliphatic carboxylic acids is 1. The minimum Gasteiger partial charge on any atom is -0.480 e. The second kappa shape index (κ2) is 5.94. The molecule has 0 spiro atoms. The molecule has 0 aliphatic heterocycles. The van der Waals surface area contributed by atoms with E-state index in [0.717, 1.165) is 0 Å². The van der Waals surface area contributed by atoms with E-state index in [4.69, 9.17) is 9.84 Å². The van der Waals surface area contributed by atoms with Crippen molar-refractivity contribution in [3.8, 4) is 0 Å². The van der Waals surface area contributed by atoms with Crippen LogP contribution in [0.25, 0.3) is 0 Å². The Labute approximate surface area is 83.3 Å². The van der Waals surface area contributed by atoms with Gasteiger partial charge in [-0.2, -0.15) is 0 Å². The highest BCUT2D eigenvalue weighted by Crippen LogP contribution is 1.90. The highest BCUT2D eigenvalue weighted by molar-refractivity contribution is 7.89. The fourth-order valence-electron chi connectivity index (χ4n) is 0.692. The molecular weight excluding hydrogens is 210 g/mol. The summed E-state index contributed by atoms with van der Waals surface area (Å²) >= 11 is 0. The Morgan fingerprint density at radius 1 is 1.57 bits per heavy atom. The number of rotatable bonds is 7. The summed E-state index contributed by atoms with van der Waals surface area (Å²) in [6.45, 7) is 3.52. The zero-order chi connectivity index (χ0) is 11.2. The number of ether oxygens (including phenoxy) is 1. The van der Waals surface area contributed by atoms with Crippen LogP contribution in [0.2, 0.25) is 0 Å². The lowest BCUT2D eigenvalue weighted by atomic mass is 10.4. The van der Waals surface area contributed by atoms with Crippen LogP contribution in [0, 0.1) is 0 Å². The highest BCUT2D eigenvalue weighted by atomic mass is 32.2. The Morgan fingerprint density at radius 2 is 2.14 bits per heavy atom. The maximum atomic E-state index is 11.2. The van der Waals surface area contributed by atoms with E-state index >= 15 is 0 Å². The van der Waals surface area contributed by atoms with E-state index in [1.54, 1.807) is 6.92 Å². The molecule has 7 heteroatoms.